The Balaban J connectivity index is 1.38. The number of fused-ring (bicyclic) bond motifs is 2. The molecule has 2 amide bonds. The Hall–Kier alpha value is -2.69. The highest BCUT2D eigenvalue weighted by Gasteiger charge is 2.44. The Labute approximate surface area is 194 Å². The third-order valence-electron chi connectivity index (χ3n) is 7.13. The van der Waals surface area contributed by atoms with Crippen molar-refractivity contribution in [2.24, 2.45) is 5.92 Å². The number of urea groups is 1. The van der Waals surface area contributed by atoms with Crippen LogP contribution in [0, 0.1) is 5.92 Å². The second-order valence-electron chi connectivity index (χ2n) is 9.04. The lowest BCUT2D eigenvalue weighted by atomic mass is 9.98. The molecule has 1 aromatic heterocycles. The number of amides is 2. The third kappa shape index (κ3) is 4.18. The van der Waals surface area contributed by atoms with E-state index in [0.29, 0.717) is 30.6 Å². The SMILES string of the molecule is COc1cc(-c2ccc3c(c2NC(=O)NS(=O)(=O)N2CC4CCN(C)C4C2)CCC3)ccn1. The summed E-state index contributed by atoms with van der Waals surface area (Å²) in [7, 11) is -0.360. The van der Waals surface area contributed by atoms with Crippen LogP contribution in [0.25, 0.3) is 11.1 Å². The standard InChI is InChI=1S/C23H29N5O4S/c1-27-11-9-17-13-28(14-20(17)27)33(30,31)26-23(29)25-22-18-5-3-4-15(18)6-7-19(22)16-8-10-24-21(12-16)32-2/h6-8,10,12,17,20H,3-5,9,11,13-14H2,1-2H3,(H2,25,26,29). The number of pyridine rings is 1. The number of nitrogens with zero attached hydrogens (tertiary/aromatic N) is 3. The number of likely N-dealkylation sites (tertiary alicyclic amines) is 1. The molecule has 33 heavy (non-hydrogen) atoms. The van der Waals surface area contributed by atoms with Gasteiger partial charge < -0.3 is 15.0 Å². The molecule has 5 rings (SSSR count). The van der Waals surface area contributed by atoms with E-state index in [2.05, 4.69) is 26.0 Å². The van der Waals surface area contributed by atoms with Crippen molar-refractivity contribution in [1.82, 2.24) is 18.9 Å². The van der Waals surface area contributed by atoms with Gasteiger partial charge in [0.05, 0.1) is 12.8 Å². The van der Waals surface area contributed by atoms with E-state index in [9.17, 15) is 13.2 Å². The van der Waals surface area contributed by atoms with Gasteiger partial charge in [0.1, 0.15) is 0 Å². The van der Waals surface area contributed by atoms with Gasteiger partial charge in [-0.05, 0) is 68.0 Å². The highest BCUT2D eigenvalue weighted by Crippen LogP contribution is 2.38. The molecule has 176 valence electrons. The Bertz CT molecular complexity index is 1190. The van der Waals surface area contributed by atoms with Crippen LogP contribution in [0.5, 0.6) is 5.88 Å². The number of carbonyl (C=O) groups is 1. The largest absolute Gasteiger partial charge is 0.481 e. The minimum atomic E-state index is -3.93. The Morgan fingerprint density at radius 1 is 1.21 bits per heavy atom. The van der Waals surface area contributed by atoms with E-state index in [1.807, 2.05) is 19.2 Å². The van der Waals surface area contributed by atoms with Crippen molar-refractivity contribution >= 4 is 21.9 Å². The Morgan fingerprint density at radius 3 is 2.85 bits per heavy atom. The van der Waals surface area contributed by atoms with Crippen molar-refractivity contribution in [2.75, 3.05) is 39.1 Å². The molecule has 10 heteroatoms. The molecule has 2 fully saturated rings. The maximum atomic E-state index is 13.0. The molecule has 0 bridgehead atoms. The van der Waals surface area contributed by atoms with E-state index in [0.717, 1.165) is 48.9 Å². The summed E-state index contributed by atoms with van der Waals surface area (Å²) in [5, 5.41) is 2.86. The van der Waals surface area contributed by atoms with Crippen LogP contribution in [0.2, 0.25) is 0 Å². The minimum absolute atomic E-state index is 0.218. The van der Waals surface area contributed by atoms with Crippen LogP contribution in [0.4, 0.5) is 10.5 Å². The molecule has 2 saturated heterocycles. The molecule has 2 atom stereocenters. The minimum Gasteiger partial charge on any atom is -0.481 e. The highest BCUT2D eigenvalue weighted by molar-refractivity contribution is 7.87. The number of ether oxygens (including phenoxy) is 1. The molecule has 1 aromatic carbocycles. The molecule has 0 spiro atoms. The van der Waals surface area contributed by atoms with Crippen molar-refractivity contribution in [1.29, 1.82) is 0 Å². The van der Waals surface area contributed by atoms with E-state index < -0.39 is 16.2 Å². The first-order valence-corrected chi connectivity index (χ1v) is 12.7. The van der Waals surface area contributed by atoms with E-state index >= 15 is 0 Å². The zero-order valence-electron chi connectivity index (χ0n) is 18.9. The van der Waals surface area contributed by atoms with Crippen LogP contribution >= 0.6 is 0 Å². The molecule has 2 aliphatic heterocycles. The summed E-state index contributed by atoms with van der Waals surface area (Å²) in [6.45, 7) is 1.84. The Kier molecular flexibility index (Phi) is 5.75. The van der Waals surface area contributed by atoms with Crippen LogP contribution in [0.3, 0.4) is 0 Å². The number of benzene rings is 1. The average Bonchev–Trinajstić information content (AvgIpc) is 3.51. The number of anilines is 1. The predicted molar refractivity (Wildman–Crippen MR) is 125 cm³/mol. The number of aromatic nitrogens is 1. The molecule has 0 saturated carbocycles. The van der Waals surface area contributed by atoms with E-state index in [1.165, 1.54) is 9.87 Å². The Morgan fingerprint density at radius 2 is 2.06 bits per heavy atom. The molecule has 2 N–H and O–H groups in total. The number of carbonyl (C=O) groups excluding carboxylic acids is 1. The smallest absolute Gasteiger partial charge is 0.333 e. The van der Waals surface area contributed by atoms with Crippen molar-refractivity contribution in [2.45, 2.75) is 31.7 Å². The van der Waals surface area contributed by atoms with Crippen molar-refractivity contribution in [3.63, 3.8) is 0 Å². The summed E-state index contributed by atoms with van der Waals surface area (Å²) in [4.78, 5) is 19.3. The number of rotatable bonds is 5. The summed E-state index contributed by atoms with van der Waals surface area (Å²) < 4.78 is 34.8. The molecule has 3 aliphatic rings. The van der Waals surface area contributed by atoms with Crippen LogP contribution < -0.4 is 14.8 Å². The van der Waals surface area contributed by atoms with Gasteiger partial charge in [0, 0.05) is 37.0 Å². The number of aryl methyl sites for hydroxylation is 1. The van der Waals surface area contributed by atoms with E-state index in [1.54, 1.807) is 19.4 Å². The maximum Gasteiger partial charge on any atom is 0.333 e. The fourth-order valence-corrected chi connectivity index (χ4v) is 6.54. The number of hydrogen-bond acceptors (Lipinski definition) is 6. The predicted octanol–water partition coefficient (Wildman–Crippen LogP) is 2.25. The molecule has 0 radical (unpaired) electrons. The fourth-order valence-electron chi connectivity index (χ4n) is 5.39. The molecule has 1 aliphatic carbocycles. The lowest BCUT2D eigenvalue weighted by molar-refractivity contribution is 0.255. The van der Waals surface area contributed by atoms with Crippen LogP contribution in [-0.2, 0) is 23.1 Å². The monoisotopic (exact) mass is 471 g/mol. The zero-order valence-corrected chi connectivity index (χ0v) is 19.7. The first-order chi connectivity index (χ1) is 15.9. The quantitative estimate of drug-likeness (QED) is 0.693. The van der Waals surface area contributed by atoms with Gasteiger partial charge in [0.25, 0.3) is 0 Å². The van der Waals surface area contributed by atoms with Gasteiger partial charge in [-0.25, -0.2) is 14.5 Å². The topological polar surface area (TPSA) is 104 Å². The van der Waals surface area contributed by atoms with Crippen molar-refractivity contribution in [3.05, 3.63) is 41.6 Å². The maximum absolute atomic E-state index is 13.0. The third-order valence-corrected chi connectivity index (χ3v) is 8.55. The van der Waals surface area contributed by atoms with Gasteiger partial charge in [-0.3, -0.25) is 0 Å². The van der Waals surface area contributed by atoms with Gasteiger partial charge in [-0.2, -0.15) is 12.7 Å². The van der Waals surface area contributed by atoms with Gasteiger partial charge in [-0.15, -0.1) is 0 Å². The summed E-state index contributed by atoms with van der Waals surface area (Å²) in [5.74, 6) is 0.788. The number of nitrogens with one attached hydrogen (secondary N) is 2. The fraction of sp³-hybridized carbons (Fsp3) is 0.478. The van der Waals surface area contributed by atoms with Crippen LogP contribution in [0.15, 0.2) is 30.5 Å². The van der Waals surface area contributed by atoms with Crippen LogP contribution in [0.1, 0.15) is 24.0 Å². The molecule has 2 aromatic rings. The second kappa shape index (κ2) is 8.58. The molecule has 2 unspecified atom stereocenters. The van der Waals surface area contributed by atoms with Crippen molar-refractivity contribution in [3.8, 4) is 17.0 Å². The van der Waals surface area contributed by atoms with Gasteiger partial charge in [0.15, 0.2) is 0 Å². The molecule has 3 heterocycles. The van der Waals surface area contributed by atoms with Gasteiger partial charge in [0.2, 0.25) is 5.88 Å². The zero-order chi connectivity index (χ0) is 23.2. The van der Waals surface area contributed by atoms with Gasteiger partial charge >= 0.3 is 16.2 Å². The summed E-state index contributed by atoms with van der Waals surface area (Å²) in [6.07, 6.45) is 5.39. The van der Waals surface area contributed by atoms with Gasteiger partial charge in [-0.1, -0.05) is 12.1 Å². The summed E-state index contributed by atoms with van der Waals surface area (Å²) in [6, 6.07) is 7.15. The highest BCUT2D eigenvalue weighted by atomic mass is 32.2. The summed E-state index contributed by atoms with van der Waals surface area (Å²) in [5.41, 5.74) is 4.51. The number of methoxy groups -OCH3 is 1. The second-order valence-corrected chi connectivity index (χ2v) is 10.7. The van der Waals surface area contributed by atoms with Crippen LogP contribution in [-0.4, -0.2) is 68.5 Å². The first-order valence-electron chi connectivity index (χ1n) is 11.3. The lowest BCUT2D eigenvalue weighted by Gasteiger charge is -2.21. The number of hydrogen-bond donors (Lipinski definition) is 2. The molecular formula is C23H29N5O4S. The normalized spacial score (nSPS) is 22.7. The van der Waals surface area contributed by atoms with E-state index in [-0.39, 0.29) is 6.04 Å². The average molecular weight is 472 g/mol. The number of likely N-dealkylation sites (N-methyl/N-ethyl adjacent to an activating group) is 1. The van der Waals surface area contributed by atoms with Crippen molar-refractivity contribution < 1.29 is 17.9 Å². The summed E-state index contributed by atoms with van der Waals surface area (Å²) >= 11 is 0. The molecular weight excluding hydrogens is 442 g/mol. The lowest BCUT2D eigenvalue weighted by Crippen LogP contribution is -2.45. The first kappa shape index (κ1) is 22.1. The molecule has 9 nitrogen and oxygen atoms in total. The van der Waals surface area contributed by atoms with E-state index in [4.69, 9.17) is 4.74 Å².